The summed E-state index contributed by atoms with van der Waals surface area (Å²) in [5.41, 5.74) is 0.689. The molecule has 0 bridgehead atoms. The van der Waals surface area contributed by atoms with Crippen LogP contribution in [0.3, 0.4) is 0 Å². The highest BCUT2D eigenvalue weighted by Crippen LogP contribution is 2.13. The maximum atomic E-state index is 12.1. The third-order valence-corrected chi connectivity index (χ3v) is 3.92. The first kappa shape index (κ1) is 14.7. The van der Waals surface area contributed by atoms with E-state index in [4.69, 9.17) is 0 Å². The van der Waals surface area contributed by atoms with Gasteiger partial charge in [-0.1, -0.05) is 30.3 Å². The first-order valence-corrected chi connectivity index (χ1v) is 7.24. The lowest BCUT2D eigenvalue weighted by atomic mass is 10.0. The summed E-state index contributed by atoms with van der Waals surface area (Å²) in [6.45, 7) is 1.59. The second-order valence-corrected chi connectivity index (χ2v) is 5.23. The van der Waals surface area contributed by atoms with Gasteiger partial charge in [0.15, 0.2) is 5.78 Å². The van der Waals surface area contributed by atoms with Crippen molar-refractivity contribution in [2.45, 2.75) is 31.7 Å². The Hall–Kier alpha value is -1.68. The van der Waals surface area contributed by atoms with Crippen molar-refractivity contribution in [1.29, 1.82) is 0 Å². The molecule has 1 saturated heterocycles. The minimum atomic E-state index is 0.0454. The third-order valence-electron chi connectivity index (χ3n) is 3.92. The van der Waals surface area contributed by atoms with E-state index < -0.39 is 0 Å². The normalized spacial score (nSPS) is 16.1. The van der Waals surface area contributed by atoms with Crippen LogP contribution in [-0.4, -0.2) is 42.8 Å². The largest absolute Gasteiger partial charge is 0.343 e. The van der Waals surface area contributed by atoms with Gasteiger partial charge < -0.3 is 10.2 Å². The molecule has 0 atom stereocenters. The molecular weight excluding hydrogens is 252 g/mol. The van der Waals surface area contributed by atoms with E-state index in [0.717, 1.165) is 25.9 Å². The highest BCUT2D eigenvalue weighted by molar-refractivity contribution is 5.97. The van der Waals surface area contributed by atoms with E-state index in [0.29, 0.717) is 24.4 Å². The average Bonchev–Trinajstić information content (AvgIpc) is 2.53. The van der Waals surface area contributed by atoms with Gasteiger partial charge in [-0.25, -0.2) is 0 Å². The van der Waals surface area contributed by atoms with Crippen molar-refractivity contribution in [2.24, 2.45) is 0 Å². The molecule has 1 fully saturated rings. The predicted octanol–water partition coefficient (Wildman–Crippen LogP) is 1.86. The quantitative estimate of drug-likeness (QED) is 0.834. The number of carbonyl (C=O) groups excluding carboxylic acids is 2. The second kappa shape index (κ2) is 7.20. The number of piperidine rings is 1. The zero-order valence-corrected chi connectivity index (χ0v) is 12.0. The molecule has 0 aromatic heterocycles. The fourth-order valence-corrected chi connectivity index (χ4v) is 2.56. The molecule has 0 aliphatic carbocycles. The van der Waals surface area contributed by atoms with Crippen LogP contribution in [0.15, 0.2) is 30.3 Å². The number of likely N-dealkylation sites (tertiary alicyclic amines) is 1. The van der Waals surface area contributed by atoms with Crippen LogP contribution in [0.25, 0.3) is 0 Å². The SMILES string of the molecule is CNC1CCN(C(=O)CCC(=O)c2ccccc2)CC1. The molecule has 4 nitrogen and oxygen atoms in total. The van der Waals surface area contributed by atoms with Crippen LogP contribution >= 0.6 is 0 Å². The highest BCUT2D eigenvalue weighted by atomic mass is 16.2. The average molecular weight is 274 g/mol. The molecule has 1 amide bonds. The molecule has 1 aliphatic heterocycles. The molecule has 0 unspecified atom stereocenters. The molecule has 0 spiro atoms. The van der Waals surface area contributed by atoms with E-state index in [-0.39, 0.29) is 11.7 Å². The molecule has 2 rings (SSSR count). The molecule has 1 N–H and O–H groups in total. The molecule has 20 heavy (non-hydrogen) atoms. The van der Waals surface area contributed by atoms with Crippen LogP contribution in [0.1, 0.15) is 36.0 Å². The maximum Gasteiger partial charge on any atom is 0.223 e. The van der Waals surface area contributed by atoms with E-state index >= 15 is 0 Å². The van der Waals surface area contributed by atoms with E-state index in [1.807, 2.05) is 30.1 Å². The Morgan fingerprint density at radius 3 is 2.40 bits per heavy atom. The van der Waals surface area contributed by atoms with Crippen molar-refractivity contribution in [3.05, 3.63) is 35.9 Å². The van der Waals surface area contributed by atoms with E-state index in [9.17, 15) is 9.59 Å². The summed E-state index contributed by atoms with van der Waals surface area (Å²) in [5.74, 6) is 0.146. The topological polar surface area (TPSA) is 49.4 Å². The lowest BCUT2D eigenvalue weighted by molar-refractivity contribution is -0.132. The van der Waals surface area contributed by atoms with Crippen molar-refractivity contribution < 1.29 is 9.59 Å². The number of rotatable bonds is 5. The van der Waals surface area contributed by atoms with Crippen LogP contribution in [0, 0.1) is 0 Å². The number of hydrogen-bond donors (Lipinski definition) is 1. The minimum absolute atomic E-state index is 0.0454. The van der Waals surface area contributed by atoms with Gasteiger partial charge in [-0.05, 0) is 19.9 Å². The molecular formula is C16H22N2O2. The molecule has 1 aliphatic rings. The number of amides is 1. The standard InChI is InChI=1S/C16H22N2O2/c1-17-14-9-11-18(12-10-14)16(20)8-7-15(19)13-5-3-2-4-6-13/h2-6,14,17H,7-12H2,1H3. The fraction of sp³-hybridized carbons (Fsp3) is 0.500. The van der Waals surface area contributed by atoms with Gasteiger partial charge in [0.2, 0.25) is 5.91 Å². The van der Waals surface area contributed by atoms with Crippen molar-refractivity contribution in [3.8, 4) is 0 Å². The summed E-state index contributed by atoms with van der Waals surface area (Å²) in [7, 11) is 1.96. The molecule has 4 heteroatoms. The number of benzene rings is 1. The lowest BCUT2D eigenvalue weighted by Crippen LogP contribution is -2.44. The van der Waals surface area contributed by atoms with Crippen molar-refractivity contribution >= 4 is 11.7 Å². The van der Waals surface area contributed by atoms with Gasteiger partial charge in [-0.3, -0.25) is 9.59 Å². The van der Waals surface area contributed by atoms with Gasteiger partial charge in [0, 0.05) is 37.5 Å². The number of nitrogens with zero attached hydrogens (tertiary/aromatic N) is 1. The minimum Gasteiger partial charge on any atom is -0.343 e. The van der Waals surface area contributed by atoms with E-state index in [1.54, 1.807) is 12.1 Å². The van der Waals surface area contributed by atoms with Gasteiger partial charge in [0.05, 0.1) is 0 Å². The lowest BCUT2D eigenvalue weighted by Gasteiger charge is -2.31. The Labute approximate surface area is 120 Å². The molecule has 108 valence electrons. The molecule has 1 aromatic rings. The highest BCUT2D eigenvalue weighted by Gasteiger charge is 2.22. The zero-order chi connectivity index (χ0) is 14.4. The van der Waals surface area contributed by atoms with Gasteiger partial charge in [0.1, 0.15) is 0 Å². The van der Waals surface area contributed by atoms with Crippen LogP contribution < -0.4 is 5.32 Å². The van der Waals surface area contributed by atoms with Gasteiger partial charge in [0.25, 0.3) is 0 Å². The van der Waals surface area contributed by atoms with Gasteiger partial charge >= 0.3 is 0 Å². The van der Waals surface area contributed by atoms with E-state index in [2.05, 4.69) is 5.32 Å². The van der Waals surface area contributed by atoms with Crippen LogP contribution in [-0.2, 0) is 4.79 Å². The molecule has 0 saturated carbocycles. The summed E-state index contributed by atoms with van der Waals surface area (Å²) in [6.07, 6.45) is 2.61. The van der Waals surface area contributed by atoms with Crippen molar-refractivity contribution in [1.82, 2.24) is 10.2 Å². The first-order chi connectivity index (χ1) is 9.70. The summed E-state index contributed by atoms with van der Waals surface area (Å²) in [6, 6.07) is 9.68. The Kier molecular flexibility index (Phi) is 5.30. The number of ketones is 1. The molecule has 1 aromatic carbocycles. The molecule has 1 heterocycles. The Balaban J connectivity index is 1.77. The maximum absolute atomic E-state index is 12.1. The van der Waals surface area contributed by atoms with E-state index in [1.165, 1.54) is 0 Å². The summed E-state index contributed by atoms with van der Waals surface area (Å²) in [5, 5.41) is 3.24. The number of carbonyl (C=O) groups is 2. The molecule has 0 radical (unpaired) electrons. The summed E-state index contributed by atoms with van der Waals surface area (Å²) >= 11 is 0. The Morgan fingerprint density at radius 2 is 1.80 bits per heavy atom. The Bertz CT molecular complexity index is 451. The number of nitrogens with one attached hydrogen (secondary N) is 1. The smallest absolute Gasteiger partial charge is 0.223 e. The van der Waals surface area contributed by atoms with Crippen molar-refractivity contribution in [3.63, 3.8) is 0 Å². The summed E-state index contributed by atoms with van der Waals surface area (Å²) in [4.78, 5) is 25.9. The van der Waals surface area contributed by atoms with Gasteiger partial charge in [-0.2, -0.15) is 0 Å². The summed E-state index contributed by atoms with van der Waals surface area (Å²) < 4.78 is 0. The predicted molar refractivity (Wildman–Crippen MR) is 78.7 cm³/mol. The first-order valence-electron chi connectivity index (χ1n) is 7.24. The second-order valence-electron chi connectivity index (χ2n) is 5.23. The van der Waals surface area contributed by atoms with Crippen LogP contribution in [0.2, 0.25) is 0 Å². The fourth-order valence-electron chi connectivity index (χ4n) is 2.56. The van der Waals surface area contributed by atoms with Gasteiger partial charge in [-0.15, -0.1) is 0 Å². The van der Waals surface area contributed by atoms with Crippen molar-refractivity contribution in [2.75, 3.05) is 20.1 Å². The number of Topliss-reactive ketones (excluding diaryl/α,β-unsaturated/α-hetero) is 1. The Morgan fingerprint density at radius 1 is 1.15 bits per heavy atom. The monoisotopic (exact) mass is 274 g/mol. The number of hydrogen-bond acceptors (Lipinski definition) is 3. The van der Waals surface area contributed by atoms with Crippen LogP contribution in [0.5, 0.6) is 0 Å². The van der Waals surface area contributed by atoms with Crippen LogP contribution in [0.4, 0.5) is 0 Å². The zero-order valence-electron chi connectivity index (χ0n) is 12.0. The third kappa shape index (κ3) is 3.90.